The lowest BCUT2D eigenvalue weighted by molar-refractivity contribution is -0.134. The van der Waals surface area contributed by atoms with Crippen LogP contribution in [0.25, 0.3) is 0 Å². The lowest BCUT2D eigenvalue weighted by atomic mass is 10.0. The maximum atomic E-state index is 11.2. The van der Waals surface area contributed by atoms with Crippen LogP contribution in [0.15, 0.2) is 0 Å². The zero-order chi connectivity index (χ0) is 12.3. The minimum Gasteiger partial charge on any atom is -0.348 e. The SMILES string of the molecule is O=C1N[C@H]2[C@H](CS[C@H]2CCCCC(=O)OCl)N1. The Kier molecular flexibility index (Phi) is 4.39. The molecule has 0 bridgehead atoms. The number of urea groups is 1. The van der Waals surface area contributed by atoms with Gasteiger partial charge in [0.15, 0.2) is 0 Å². The van der Waals surface area contributed by atoms with Gasteiger partial charge in [-0.1, -0.05) is 6.42 Å². The summed E-state index contributed by atoms with van der Waals surface area (Å²) < 4.78 is 4.07. The fourth-order valence-corrected chi connectivity index (χ4v) is 3.92. The molecular weight excluding hydrogens is 264 g/mol. The van der Waals surface area contributed by atoms with Gasteiger partial charge < -0.3 is 14.9 Å². The first-order valence-electron chi connectivity index (χ1n) is 5.71. The Morgan fingerprint density at radius 1 is 1.47 bits per heavy atom. The molecule has 17 heavy (non-hydrogen) atoms. The van der Waals surface area contributed by atoms with Crippen molar-refractivity contribution in [3.05, 3.63) is 0 Å². The Morgan fingerprint density at radius 3 is 3.06 bits per heavy atom. The predicted octanol–water partition coefficient (Wildman–Crippen LogP) is 1.41. The van der Waals surface area contributed by atoms with Crippen LogP contribution >= 0.6 is 23.6 Å². The summed E-state index contributed by atoms with van der Waals surface area (Å²) in [5.41, 5.74) is 0. The highest BCUT2D eigenvalue weighted by molar-refractivity contribution is 8.00. The number of nitrogens with one attached hydrogen (secondary N) is 2. The number of hydrogen-bond acceptors (Lipinski definition) is 4. The molecule has 0 aromatic heterocycles. The van der Waals surface area contributed by atoms with E-state index in [4.69, 9.17) is 11.9 Å². The van der Waals surface area contributed by atoms with E-state index >= 15 is 0 Å². The quantitative estimate of drug-likeness (QED) is 0.589. The van der Waals surface area contributed by atoms with E-state index in [1.54, 1.807) is 0 Å². The van der Waals surface area contributed by atoms with Crippen LogP contribution in [-0.4, -0.2) is 35.1 Å². The number of hydrogen-bond donors (Lipinski definition) is 2. The molecule has 2 N–H and O–H groups in total. The van der Waals surface area contributed by atoms with E-state index in [2.05, 4.69) is 14.9 Å². The van der Waals surface area contributed by atoms with Crippen molar-refractivity contribution in [3.63, 3.8) is 0 Å². The van der Waals surface area contributed by atoms with Gasteiger partial charge in [-0.3, -0.25) is 4.79 Å². The molecule has 2 amide bonds. The maximum absolute atomic E-state index is 11.2. The van der Waals surface area contributed by atoms with Gasteiger partial charge in [-0.2, -0.15) is 11.8 Å². The molecule has 2 saturated heterocycles. The molecule has 0 unspecified atom stereocenters. The molecule has 0 radical (unpaired) electrons. The van der Waals surface area contributed by atoms with Crippen molar-refractivity contribution in [1.82, 2.24) is 10.6 Å². The highest BCUT2D eigenvalue weighted by Gasteiger charge is 2.42. The third kappa shape index (κ3) is 3.19. The van der Waals surface area contributed by atoms with Gasteiger partial charge in [0, 0.05) is 17.4 Å². The fourth-order valence-electron chi connectivity index (χ4n) is 2.30. The van der Waals surface area contributed by atoms with Gasteiger partial charge in [0.25, 0.3) is 0 Å². The van der Waals surface area contributed by atoms with Gasteiger partial charge in [0.05, 0.1) is 12.1 Å². The monoisotopic (exact) mass is 278 g/mol. The van der Waals surface area contributed by atoms with Crippen molar-refractivity contribution in [3.8, 4) is 0 Å². The Hall–Kier alpha value is -0.620. The summed E-state index contributed by atoms with van der Waals surface area (Å²) >= 11 is 6.82. The van der Waals surface area contributed by atoms with E-state index in [1.807, 2.05) is 11.8 Å². The summed E-state index contributed by atoms with van der Waals surface area (Å²) in [7, 11) is 0. The minimum absolute atomic E-state index is 0.0592. The summed E-state index contributed by atoms with van der Waals surface area (Å²) in [6.07, 6.45) is 3.09. The molecule has 0 aromatic rings. The molecule has 2 fully saturated rings. The normalized spacial score (nSPS) is 30.6. The number of fused-ring (bicyclic) bond motifs is 1. The van der Waals surface area contributed by atoms with Crippen molar-refractivity contribution in [2.75, 3.05) is 5.75 Å². The molecule has 2 heterocycles. The van der Waals surface area contributed by atoms with Crippen LogP contribution in [0.4, 0.5) is 4.79 Å². The standard InChI is InChI=1S/C10H15ClN2O3S/c11-16-8(14)4-2-1-3-7-9-6(5-17-7)12-10(15)13-9/h6-7,9H,1-5H2,(H2,12,13,15)/t6-,7-,9-/m0/s1. The number of unbranched alkanes of at least 4 members (excludes halogenated alkanes) is 1. The third-order valence-corrected chi connectivity index (χ3v) is 4.82. The lowest BCUT2D eigenvalue weighted by Gasteiger charge is -2.16. The first-order valence-corrected chi connectivity index (χ1v) is 7.06. The molecule has 0 spiro atoms. The summed E-state index contributed by atoms with van der Waals surface area (Å²) in [4.78, 5) is 22.0. The van der Waals surface area contributed by atoms with Gasteiger partial charge in [-0.25, -0.2) is 4.79 Å². The molecule has 7 heteroatoms. The van der Waals surface area contributed by atoms with Crippen LogP contribution in [0.3, 0.4) is 0 Å². The van der Waals surface area contributed by atoms with Gasteiger partial charge in [-0.05, 0) is 12.8 Å². The number of rotatable bonds is 5. The van der Waals surface area contributed by atoms with Crippen LogP contribution in [0.5, 0.6) is 0 Å². The molecule has 2 rings (SSSR count). The Morgan fingerprint density at radius 2 is 2.29 bits per heavy atom. The molecule has 0 saturated carbocycles. The molecule has 3 atom stereocenters. The minimum atomic E-state index is -0.376. The van der Waals surface area contributed by atoms with Gasteiger partial charge >= 0.3 is 12.0 Å². The van der Waals surface area contributed by atoms with Crippen LogP contribution in [-0.2, 0) is 9.08 Å². The van der Waals surface area contributed by atoms with Crippen molar-refractivity contribution >= 4 is 35.6 Å². The number of carbonyl (C=O) groups excluding carboxylic acids is 2. The van der Waals surface area contributed by atoms with E-state index in [9.17, 15) is 9.59 Å². The van der Waals surface area contributed by atoms with Crippen LogP contribution in [0.1, 0.15) is 25.7 Å². The molecule has 96 valence electrons. The van der Waals surface area contributed by atoms with Crippen LogP contribution in [0.2, 0.25) is 0 Å². The topological polar surface area (TPSA) is 67.4 Å². The second-order valence-corrected chi connectivity index (χ2v) is 5.74. The molecule has 5 nitrogen and oxygen atoms in total. The van der Waals surface area contributed by atoms with E-state index in [1.165, 1.54) is 0 Å². The largest absolute Gasteiger partial charge is 0.348 e. The average molecular weight is 279 g/mol. The summed E-state index contributed by atoms with van der Waals surface area (Å²) in [5, 5.41) is 6.29. The average Bonchev–Trinajstić information content (AvgIpc) is 2.84. The number of thioether (sulfide) groups is 1. The molecule has 0 aliphatic carbocycles. The summed E-state index contributed by atoms with van der Waals surface area (Å²) in [5.74, 6) is 0.595. The molecule has 2 aliphatic rings. The molecule has 0 aromatic carbocycles. The maximum Gasteiger partial charge on any atom is 0.324 e. The van der Waals surface area contributed by atoms with E-state index < -0.39 is 0 Å². The third-order valence-electron chi connectivity index (χ3n) is 3.14. The number of halogens is 1. The number of amides is 2. The highest BCUT2D eigenvalue weighted by atomic mass is 35.5. The predicted molar refractivity (Wildman–Crippen MR) is 65.9 cm³/mol. The smallest absolute Gasteiger partial charge is 0.324 e. The van der Waals surface area contributed by atoms with Crippen molar-refractivity contribution in [1.29, 1.82) is 0 Å². The molecular formula is C10H15ClN2O3S. The Balaban J connectivity index is 1.66. The Bertz CT molecular complexity index is 316. The van der Waals surface area contributed by atoms with Gasteiger partial charge in [0.1, 0.15) is 11.9 Å². The van der Waals surface area contributed by atoms with E-state index in [-0.39, 0.29) is 24.1 Å². The molecule has 2 aliphatic heterocycles. The summed E-state index contributed by atoms with van der Waals surface area (Å²) in [6, 6.07) is 0.453. The van der Waals surface area contributed by atoms with Crippen molar-refractivity contribution < 1.29 is 13.9 Å². The lowest BCUT2D eigenvalue weighted by Crippen LogP contribution is -2.36. The van der Waals surface area contributed by atoms with Crippen molar-refractivity contribution in [2.24, 2.45) is 0 Å². The zero-order valence-electron chi connectivity index (χ0n) is 9.28. The van der Waals surface area contributed by atoms with E-state index in [0.717, 1.165) is 25.0 Å². The van der Waals surface area contributed by atoms with Gasteiger partial charge in [-0.15, -0.1) is 0 Å². The van der Waals surface area contributed by atoms with E-state index in [0.29, 0.717) is 11.7 Å². The highest BCUT2D eigenvalue weighted by Crippen LogP contribution is 2.33. The number of carbonyl (C=O) groups is 2. The first kappa shape index (κ1) is 12.8. The Labute approximate surface area is 109 Å². The first-order chi connectivity index (χ1) is 8.20. The van der Waals surface area contributed by atoms with Gasteiger partial charge in [0.2, 0.25) is 0 Å². The summed E-state index contributed by atoms with van der Waals surface area (Å²) in [6.45, 7) is 0. The second kappa shape index (κ2) is 5.82. The fraction of sp³-hybridized carbons (Fsp3) is 0.800. The zero-order valence-corrected chi connectivity index (χ0v) is 10.9. The van der Waals surface area contributed by atoms with Crippen molar-refractivity contribution in [2.45, 2.75) is 43.0 Å². The van der Waals surface area contributed by atoms with Crippen LogP contribution < -0.4 is 10.6 Å². The second-order valence-electron chi connectivity index (χ2n) is 4.32. The van der Waals surface area contributed by atoms with Crippen LogP contribution in [0, 0.1) is 0 Å².